The van der Waals surface area contributed by atoms with E-state index < -0.39 is 0 Å². The second-order valence-electron chi connectivity index (χ2n) is 28.5. The fraction of sp³-hybridized carbons (Fsp3) is 0.0100. The predicted octanol–water partition coefficient (Wildman–Crippen LogP) is 27.3. The Labute approximate surface area is 627 Å². The second kappa shape index (κ2) is 23.4. The van der Waals surface area contributed by atoms with Crippen LogP contribution in [0.1, 0.15) is 22.3 Å². The standard InChI is InChI=1S/C100H61N5S2/c1-2-19-68(20-3-1)103-91-33-14-16-35-95(91)106-97-59-66(43-53-93(97)103)64-41-51-89-81(57-64)77-24-7-12-31-87(77)102(89)69-47-39-63(40-48-69)73-26-18-27-79-72(55-56-101-99(73)79)62-37-45-70(46-38-62)104-92-34-15-17-36-96(92)107-98-60-67(44-54-94(98)104)65-42-52-90-82(58-65)78-25-8-13-32-88(78)105(90)71-49-50-86-80(61-71)76-23-6-11-30-85(76)100(86)83-28-9-4-21-74(83)75-22-5-10-29-84(75)100/h1-61H. The van der Waals surface area contributed by atoms with Crippen molar-refractivity contribution in [2.45, 2.75) is 25.0 Å². The molecule has 0 saturated heterocycles. The van der Waals surface area contributed by atoms with Gasteiger partial charge in [0, 0.05) is 81.0 Å². The first kappa shape index (κ1) is 60.3. The van der Waals surface area contributed by atoms with Crippen molar-refractivity contribution in [2.75, 3.05) is 9.80 Å². The zero-order valence-electron chi connectivity index (χ0n) is 57.8. The predicted molar refractivity (Wildman–Crippen MR) is 446 cm³/mol. The summed E-state index contributed by atoms with van der Waals surface area (Å²) >= 11 is 3.69. The number of benzene rings is 16. The van der Waals surface area contributed by atoms with Gasteiger partial charge in [-0.15, -0.1) is 0 Å². The monoisotopic (exact) mass is 1400 g/mol. The minimum Gasteiger partial charge on any atom is -0.309 e. The molecule has 1 spiro atoms. The Balaban J connectivity index is 0.544. The van der Waals surface area contributed by atoms with E-state index in [0.717, 1.165) is 61.6 Å². The van der Waals surface area contributed by atoms with Crippen LogP contribution in [0, 0.1) is 0 Å². The highest BCUT2D eigenvalue weighted by Gasteiger charge is 2.51. The summed E-state index contributed by atoms with van der Waals surface area (Å²) in [5, 5.41) is 6.03. The number of hydrogen-bond acceptors (Lipinski definition) is 5. The van der Waals surface area contributed by atoms with Gasteiger partial charge in [-0.2, -0.15) is 0 Å². The minimum atomic E-state index is -0.384. The lowest BCUT2D eigenvalue weighted by molar-refractivity contribution is 0.793. The molecule has 0 bridgehead atoms. The lowest BCUT2D eigenvalue weighted by Gasteiger charge is -2.33. The molecule has 0 fully saturated rings. The van der Waals surface area contributed by atoms with Crippen molar-refractivity contribution in [1.82, 2.24) is 14.1 Å². The van der Waals surface area contributed by atoms with Crippen LogP contribution < -0.4 is 9.80 Å². The van der Waals surface area contributed by atoms with E-state index in [4.69, 9.17) is 4.98 Å². The van der Waals surface area contributed by atoms with Crippen LogP contribution in [-0.4, -0.2) is 14.1 Å². The Morgan fingerprint density at radius 2 is 0.626 bits per heavy atom. The first-order valence-electron chi connectivity index (χ1n) is 36.6. The van der Waals surface area contributed by atoms with Crippen LogP contribution in [-0.2, 0) is 5.41 Å². The maximum atomic E-state index is 5.11. The summed E-state index contributed by atoms with van der Waals surface area (Å²) in [5.41, 5.74) is 34.5. The molecule has 498 valence electrons. The van der Waals surface area contributed by atoms with Crippen molar-refractivity contribution >= 4 is 112 Å². The van der Waals surface area contributed by atoms with Gasteiger partial charge >= 0.3 is 0 Å². The summed E-state index contributed by atoms with van der Waals surface area (Å²) in [5.74, 6) is 0. The van der Waals surface area contributed by atoms with Crippen LogP contribution in [0.25, 0.3) is 133 Å². The van der Waals surface area contributed by atoms with E-state index in [1.807, 2.05) is 29.7 Å². The number of fused-ring (bicyclic) bond motifs is 21. The number of aromatic nitrogens is 3. The van der Waals surface area contributed by atoms with E-state index in [1.54, 1.807) is 0 Å². The molecule has 5 heterocycles. The maximum absolute atomic E-state index is 5.11. The Hall–Kier alpha value is -13.2. The highest BCUT2D eigenvalue weighted by Crippen LogP contribution is 2.63. The first-order chi connectivity index (χ1) is 53.1. The molecule has 0 radical (unpaired) electrons. The van der Waals surface area contributed by atoms with E-state index in [2.05, 4.69) is 383 Å². The Morgan fingerprint density at radius 3 is 1.21 bits per heavy atom. The molecule has 16 aromatic carbocycles. The van der Waals surface area contributed by atoms with Crippen molar-refractivity contribution < 1.29 is 0 Å². The van der Waals surface area contributed by atoms with Crippen LogP contribution in [0.15, 0.2) is 390 Å². The number of pyridine rings is 1. The van der Waals surface area contributed by atoms with Crippen LogP contribution in [0.2, 0.25) is 0 Å². The third kappa shape index (κ3) is 8.93. The fourth-order valence-corrected chi connectivity index (χ4v) is 20.5. The molecule has 5 nitrogen and oxygen atoms in total. The van der Waals surface area contributed by atoms with Crippen LogP contribution in [0.3, 0.4) is 0 Å². The molecule has 0 saturated carbocycles. The van der Waals surface area contributed by atoms with Crippen molar-refractivity contribution in [3.63, 3.8) is 0 Å². The number of anilines is 6. The summed E-state index contributed by atoms with van der Waals surface area (Å²) in [6, 6.07) is 135. The van der Waals surface area contributed by atoms with Crippen LogP contribution in [0.4, 0.5) is 34.1 Å². The van der Waals surface area contributed by atoms with Crippen molar-refractivity contribution in [2.24, 2.45) is 0 Å². The van der Waals surface area contributed by atoms with Gasteiger partial charge in [0.15, 0.2) is 0 Å². The average molecular weight is 1400 g/mol. The molecule has 0 atom stereocenters. The lowest BCUT2D eigenvalue weighted by atomic mass is 9.70. The van der Waals surface area contributed by atoms with Gasteiger partial charge in [-0.25, -0.2) is 0 Å². The highest BCUT2D eigenvalue weighted by atomic mass is 32.2. The minimum absolute atomic E-state index is 0.384. The third-order valence-corrected chi connectivity index (χ3v) is 25.2. The maximum Gasteiger partial charge on any atom is 0.0786 e. The number of rotatable bonds is 8. The fourth-order valence-electron chi connectivity index (χ4n) is 18.3. The lowest BCUT2D eigenvalue weighted by Crippen LogP contribution is -2.25. The van der Waals surface area contributed by atoms with E-state index in [0.29, 0.717) is 0 Å². The van der Waals surface area contributed by atoms with Gasteiger partial charge in [0.25, 0.3) is 0 Å². The van der Waals surface area contributed by atoms with Gasteiger partial charge in [0.1, 0.15) is 0 Å². The SMILES string of the molecule is c1ccc(N2c3ccccc3Sc3cc(-c4ccc5c(c4)c4ccccc4n5-c4ccc(-c5cccc6c(-c7ccc(N8c9ccccc9Sc9cc(-c%10ccc%11c(c%10)c%10ccccc%10n%11-c%10ccc%11c(c%10)-c%10ccccc%10C%11%10c%11ccccc%11-c%11ccccc%11%10)ccc98)cc7)ccnc56)cc4)ccc32)cc1. The van der Waals surface area contributed by atoms with E-state index >= 15 is 0 Å². The normalized spacial score (nSPS) is 13.4. The summed E-state index contributed by atoms with van der Waals surface area (Å²) in [6.07, 6.45) is 1.97. The number of para-hydroxylation sites is 6. The van der Waals surface area contributed by atoms with Gasteiger partial charge in [-0.05, 0) is 223 Å². The Morgan fingerprint density at radius 1 is 0.224 bits per heavy atom. The summed E-state index contributed by atoms with van der Waals surface area (Å²) in [4.78, 5) is 14.9. The zero-order valence-corrected chi connectivity index (χ0v) is 59.4. The molecule has 7 heteroatoms. The number of hydrogen-bond donors (Lipinski definition) is 0. The van der Waals surface area contributed by atoms with Crippen molar-refractivity contribution in [1.29, 1.82) is 0 Å². The van der Waals surface area contributed by atoms with E-state index in [-0.39, 0.29) is 5.41 Å². The van der Waals surface area contributed by atoms with E-state index in [9.17, 15) is 0 Å². The van der Waals surface area contributed by atoms with Crippen LogP contribution in [0.5, 0.6) is 0 Å². The van der Waals surface area contributed by atoms with Gasteiger partial charge < -0.3 is 18.9 Å². The van der Waals surface area contributed by atoms with E-state index in [1.165, 1.54) is 147 Å². The topological polar surface area (TPSA) is 29.2 Å². The molecule has 4 aliphatic rings. The molecule has 19 aromatic rings. The van der Waals surface area contributed by atoms with Crippen molar-refractivity contribution in [3.8, 4) is 78.1 Å². The average Bonchev–Trinajstić information content (AvgIpc) is 1.51. The summed E-state index contributed by atoms with van der Waals surface area (Å²) in [7, 11) is 0. The van der Waals surface area contributed by atoms with Gasteiger partial charge in [0.2, 0.25) is 0 Å². The van der Waals surface area contributed by atoms with Gasteiger partial charge in [-0.1, -0.05) is 248 Å². The Bertz CT molecular complexity index is 6920. The summed E-state index contributed by atoms with van der Waals surface area (Å²) in [6.45, 7) is 0. The molecule has 3 aromatic heterocycles. The van der Waals surface area contributed by atoms with Crippen LogP contribution >= 0.6 is 23.5 Å². The molecule has 107 heavy (non-hydrogen) atoms. The molecule has 2 aliphatic carbocycles. The molecular formula is C100H61N5S2. The molecule has 0 amide bonds. The van der Waals surface area contributed by atoms with Crippen molar-refractivity contribution in [3.05, 3.63) is 392 Å². The molecular weight excluding hydrogens is 1340 g/mol. The molecule has 2 aliphatic heterocycles. The number of nitrogens with zero attached hydrogens (tertiary/aromatic N) is 5. The second-order valence-corrected chi connectivity index (χ2v) is 30.6. The summed E-state index contributed by atoms with van der Waals surface area (Å²) < 4.78 is 4.89. The molecule has 23 rings (SSSR count). The molecule has 0 N–H and O–H groups in total. The quantitative estimate of drug-likeness (QED) is 0.151. The third-order valence-electron chi connectivity index (χ3n) is 23.0. The smallest absolute Gasteiger partial charge is 0.0786 e. The largest absolute Gasteiger partial charge is 0.309 e. The zero-order chi connectivity index (χ0) is 70.0. The Kier molecular flexibility index (Phi) is 13.2. The van der Waals surface area contributed by atoms with Gasteiger partial charge in [-0.3, -0.25) is 4.98 Å². The molecule has 0 unspecified atom stereocenters. The van der Waals surface area contributed by atoms with Gasteiger partial charge in [0.05, 0.1) is 55.7 Å². The highest BCUT2D eigenvalue weighted by molar-refractivity contribution is 8.00. The first-order valence-corrected chi connectivity index (χ1v) is 38.3.